The smallest absolute Gasteiger partial charge is 0.299 e. The number of halogens is 1. The predicted octanol–water partition coefficient (Wildman–Crippen LogP) is 3.88. The lowest BCUT2D eigenvalue weighted by atomic mass is 10.1. The Morgan fingerprint density at radius 2 is 2.08 bits per heavy atom. The number of aliphatic imine (C=N–C) groups is 1. The van der Waals surface area contributed by atoms with E-state index in [2.05, 4.69) is 4.99 Å². The summed E-state index contributed by atoms with van der Waals surface area (Å²) >= 11 is 5.89. The van der Waals surface area contributed by atoms with Crippen molar-refractivity contribution in [3.63, 3.8) is 0 Å². The summed E-state index contributed by atoms with van der Waals surface area (Å²) in [6.45, 7) is 1.70. The monoisotopic (exact) mass is 368 g/mol. The summed E-state index contributed by atoms with van der Waals surface area (Å²) in [6.07, 6.45) is 2.58. The fourth-order valence-corrected chi connectivity index (χ4v) is 2.95. The number of amides is 1. The lowest BCUT2D eigenvalue weighted by molar-refractivity contribution is -0.124. The van der Waals surface area contributed by atoms with Gasteiger partial charge in [-0.25, -0.2) is 0 Å². The molecule has 0 unspecified atom stereocenters. The van der Waals surface area contributed by atoms with Crippen molar-refractivity contribution < 1.29 is 14.3 Å². The van der Waals surface area contributed by atoms with Crippen LogP contribution in [0.2, 0.25) is 5.02 Å². The maximum absolute atomic E-state index is 12.4. The fraction of sp³-hybridized carbons (Fsp3) is 0.200. The molecule has 6 heteroatoms. The van der Waals surface area contributed by atoms with Crippen molar-refractivity contribution in [1.29, 1.82) is 0 Å². The maximum atomic E-state index is 12.4. The minimum atomic E-state index is -0.118. The number of benzene rings is 2. The largest absolute Gasteiger partial charge is 0.489 e. The van der Waals surface area contributed by atoms with Crippen LogP contribution in [0.1, 0.15) is 17.5 Å². The van der Waals surface area contributed by atoms with Crippen LogP contribution in [-0.2, 0) is 16.1 Å². The number of carbonyl (C=O) groups is 1. The first-order chi connectivity index (χ1) is 12.7. The molecule has 132 valence electrons. The van der Waals surface area contributed by atoms with Gasteiger partial charge >= 0.3 is 0 Å². The minimum absolute atomic E-state index is 0.118. The van der Waals surface area contributed by atoms with Crippen LogP contribution in [0, 0.1) is 0 Å². The van der Waals surface area contributed by atoms with Crippen LogP contribution in [0.15, 0.2) is 59.2 Å². The first-order valence-electron chi connectivity index (χ1n) is 8.41. The number of rotatable bonds is 4. The Balaban J connectivity index is 1.48. The summed E-state index contributed by atoms with van der Waals surface area (Å²) in [5, 5.41) is 0.700. The fourth-order valence-electron chi connectivity index (χ4n) is 2.82. The number of hydrogen-bond acceptors (Lipinski definition) is 4. The summed E-state index contributed by atoms with van der Waals surface area (Å²) in [5.74, 6) is 0.605. The van der Waals surface area contributed by atoms with E-state index in [1.807, 2.05) is 48.5 Å². The Morgan fingerprint density at radius 3 is 2.88 bits per heavy atom. The Morgan fingerprint density at radius 1 is 1.23 bits per heavy atom. The van der Waals surface area contributed by atoms with E-state index in [1.54, 1.807) is 11.0 Å². The van der Waals surface area contributed by atoms with Crippen LogP contribution in [0.25, 0.3) is 6.08 Å². The minimum Gasteiger partial charge on any atom is -0.489 e. The van der Waals surface area contributed by atoms with Gasteiger partial charge in [-0.05, 0) is 47.9 Å². The molecule has 0 radical (unpaired) electrons. The van der Waals surface area contributed by atoms with Crippen LogP contribution in [-0.4, -0.2) is 30.0 Å². The molecule has 2 aliphatic rings. The molecule has 0 bridgehead atoms. The highest BCUT2D eigenvalue weighted by Gasteiger charge is 2.33. The average molecular weight is 369 g/mol. The molecule has 1 saturated heterocycles. The van der Waals surface area contributed by atoms with Crippen LogP contribution in [0.4, 0.5) is 0 Å². The van der Waals surface area contributed by atoms with E-state index in [-0.39, 0.29) is 5.91 Å². The van der Waals surface area contributed by atoms with Crippen molar-refractivity contribution in [3.8, 4) is 5.75 Å². The molecule has 1 amide bonds. The highest BCUT2D eigenvalue weighted by molar-refractivity contribution is 6.30. The molecule has 0 N–H and O–H groups in total. The zero-order valence-corrected chi connectivity index (χ0v) is 14.8. The second-order valence-electron chi connectivity index (χ2n) is 6.07. The lowest BCUT2D eigenvalue weighted by Gasteiger charge is -2.22. The highest BCUT2D eigenvalue weighted by Crippen LogP contribution is 2.23. The maximum Gasteiger partial charge on any atom is 0.299 e. The molecule has 2 aliphatic heterocycles. The van der Waals surface area contributed by atoms with Crippen molar-refractivity contribution in [2.75, 3.05) is 13.2 Å². The van der Waals surface area contributed by atoms with E-state index in [9.17, 15) is 4.79 Å². The van der Waals surface area contributed by atoms with Gasteiger partial charge in [0.05, 0.1) is 6.61 Å². The Labute approximate surface area is 156 Å². The second-order valence-corrected chi connectivity index (χ2v) is 6.51. The zero-order valence-electron chi connectivity index (χ0n) is 14.0. The number of carbonyl (C=O) groups excluding carboxylic acids is 1. The number of amidine groups is 1. The van der Waals surface area contributed by atoms with Gasteiger partial charge in [-0.2, -0.15) is 4.99 Å². The van der Waals surface area contributed by atoms with Crippen LogP contribution in [0.3, 0.4) is 0 Å². The Hall–Kier alpha value is -2.79. The molecule has 2 aromatic carbocycles. The van der Waals surface area contributed by atoms with E-state index in [0.717, 1.165) is 23.3 Å². The molecule has 1 fully saturated rings. The second kappa shape index (κ2) is 7.22. The molecule has 0 aromatic heterocycles. The highest BCUT2D eigenvalue weighted by atomic mass is 35.5. The van der Waals surface area contributed by atoms with Crippen molar-refractivity contribution >= 4 is 29.6 Å². The summed E-state index contributed by atoms with van der Waals surface area (Å²) in [6, 6.07) is 15.5. The van der Waals surface area contributed by atoms with Gasteiger partial charge in [0.15, 0.2) is 0 Å². The van der Waals surface area contributed by atoms with E-state index in [4.69, 9.17) is 21.1 Å². The molecule has 0 atom stereocenters. The van der Waals surface area contributed by atoms with E-state index in [0.29, 0.717) is 36.5 Å². The van der Waals surface area contributed by atoms with Crippen molar-refractivity contribution in [3.05, 3.63) is 70.4 Å². The molecule has 2 aromatic rings. The van der Waals surface area contributed by atoms with Crippen LogP contribution >= 0.6 is 11.6 Å². The van der Waals surface area contributed by atoms with Crippen LogP contribution in [0.5, 0.6) is 5.75 Å². The summed E-state index contributed by atoms with van der Waals surface area (Å²) in [5.41, 5.74) is 2.27. The molecular weight excluding hydrogens is 352 g/mol. The molecular formula is C20H17ClN2O3. The van der Waals surface area contributed by atoms with Crippen LogP contribution < -0.4 is 4.74 Å². The summed E-state index contributed by atoms with van der Waals surface area (Å²) < 4.78 is 11.3. The van der Waals surface area contributed by atoms with Crippen molar-refractivity contribution in [2.24, 2.45) is 4.99 Å². The molecule has 0 saturated carbocycles. The third-order valence-electron chi connectivity index (χ3n) is 4.15. The lowest BCUT2D eigenvalue weighted by Crippen LogP contribution is -2.38. The standard InChI is InChI=1S/C20H17ClN2O3/c21-16-7-5-14(6-8-16)13-26-17-4-1-3-15(11-17)12-18-19(24)23-9-2-10-25-20(23)22-18/h1,3-8,11-12H,2,9-10,13H2/b18-12-. The SMILES string of the molecule is O=C1/C(=C/c2cccc(OCc3ccc(Cl)cc3)c2)N=C2OCCCN12. The third-order valence-corrected chi connectivity index (χ3v) is 4.40. The number of nitrogens with zero attached hydrogens (tertiary/aromatic N) is 2. The predicted molar refractivity (Wildman–Crippen MR) is 99.9 cm³/mol. The van der Waals surface area contributed by atoms with Crippen molar-refractivity contribution in [2.45, 2.75) is 13.0 Å². The van der Waals surface area contributed by atoms with Crippen molar-refractivity contribution in [1.82, 2.24) is 4.90 Å². The number of hydrogen-bond donors (Lipinski definition) is 0. The summed E-state index contributed by atoms with van der Waals surface area (Å²) in [4.78, 5) is 18.3. The molecule has 5 nitrogen and oxygen atoms in total. The van der Waals surface area contributed by atoms with Gasteiger partial charge in [0.1, 0.15) is 18.1 Å². The Bertz CT molecular complexity index is 890. The van der Waals surface area contributed by atoms with Gasteiger partial charge in [-0.1, -0.05) is 35.9 Å². The van der Waals surface area contributed by atoms with E-state index >= 15 is 0 Å². The first kappa shape index (κ1) is 16.7. The average Bonchev–Trinajstić information content (AvgIpc) is 2.98. The normalized spacial score (nSPS) is 17.7. The summed E-state index contributed by atoms with van der Waals surface area (Å²) in [7, 11) is 0. The number of fused-ring (bicyclic) bond motifs is 1. The molecule has 0 aliphatic carbocycles. The number of ether oxygens (including phenoxy) is 2. The third kappa shape index (κ3) is 3.58. The molecule has 4 rings (SSSR count). The van der Waals surface area contributed by atoms with E-state index < -0.39 is 0 Å². The first-order valence-corrected chi connectivity index (χ1v) is 8.79. The van der Waals surface area contributed by atoms with Gasteiger partial charge in [-0.3, -0.25) is 9.69 Å². The zero-order chi connectivity index (χ0) is 17.9. The molecule has 26 heavy (non-hydrogen) atoms. The molecule has 2 heterocycles. The van der Waals surface area contributed by atoms with Gasteiger partial charge in [0, 0.05) is 11.6 Å². The topological polar surface area (TPSA) is 51.1 Å². The molecule has 0 spiro atoms. The quantitative estimate of drug-likeness (QED) is 0.769. The Kier molecular flexibility index (Phi) is 4.63. The van der Waals surface area contributed by atoms with Gasteiger partial charge in [-0.15, -0.1) is 0 Å². The van der Waals surface area contributed by atoms with Gasteiger partial charge in [0.2, 0.25) is 0 Å². The van der Waals surface area contributed by atoms with Gasteiger partial charge < -0.3 is 9.47 Å². The van der Waals surface area contributed by atoms with Gasteiger partial charge in [0.25, 0.3) is 11.9 Å². The van der Waals surface area contributed by atoms with E-state index in [1.165, 1.54) is 0 Å².